The maximum absolute atomic E-state index is 11.4. The Bertz CT molecular complexity index is 274. The van der Waals surface area contributed by atoms with Crippen molar-refractivity contribution in [2.45, 2.75) is 6.42 Å². The first kappa shape index (κ1) is 12.2. The number of hydrogen-bond acceptors (Lipinski definition) is 4. The van der Waals surface area contributed by atoms with Gasteiger partial charge in [0, 0.05) is 13.2 Å². The second-order valence-electron chi connectivity index (χ2n) is 2.92. The SMILES string of the molecule is O=C(NCCCOCCO)c1cccs1. The molecule has 0 spiro atoms. The normalized spacial score (nSPS) is 10.2. The Morgan fingerprint density at radius 2 is 2.40 bits per heavy atom. The highest BCUT2D eigenvalue weighted by Gasteiger charge is 2.04. The number of thiophene rings is 1. The summed E-state index contributed by atoms with van der Waals surface area (Å²) in [7, 11) is 0. The third-order valence-electron chi connectivity index (χ3n) is 1.73. The van der Waals surface area contributed by atoms with Crippen molar-refractivity contribution < 1.29 is 14.6 Å². The predicted octanol–water partition coefficient (Wildman–Crippen LogP) is 0.877. The van der Waals surface area contributed by atoms with Crippen LogP contribution in [0.4, 0.5) is 0 Å². The molecule has 0 atom stereocenters. The Morgan fingerprint density at radius 3 is 3.07 bits per heavy atom. The molecule has 4 nitrogen and oxygen atoms in total. The van der Waals surface area contributed by atoms with Gasteiger partial charge in [0.25, 0.3) is 5.91 Å². The van der Waals surface area contributed by atoms with Gasteiger partial charge in [0.15, 0.2) is 0 Å². The fourth-order valence-electron chi connectivity index (χ4n) is 1.04. The lowest BCUT2D eigenvalue weighted by Gasteiger charge is -2.03. The quantitative estimate of drug-likeness (QED) is 0.682. The molecule has 1 aromatic rings. The molecule has 15 heavy (non-hydrogen) atoms. The minimum atomic E-state index is -0.0350. The number of aliphatic hydroxyl groups is 1. The van der Waals surface area contributed by atoms with Gasteiger partial charge in [-0.2, -0.15) is 0 Å². The van der Waals surface area contributed by atoms with Crippen LogP contribution in [0, 0.1) is 0 Å². The number of hydrogen-bond donors (Lipinski definition) is 2. The van der Waals surface area contributed by atoms with Gasteiger partial charge in [-0.05, 0) is 17.9 Å². The van der Waals surface area contributed by atoms with E-state index in [2.05, 4.69) is 5.32 Å². The minimum Gasteiger partial charge on any atom is -0.394 e. The summed E-state index contributed by atoms with van der Waals surface area (Å²) in [6.07, 6.45) is 0.761. The highest BCUT2D eigenvalue weighted by atomic mass is 32.1. The monoisotopic (exact) mass is 229 g/mol. The van der Waals surface area contributed by atoms with Crippen molar-refractivity contribution in [3.8, 4) is 0 Å². The Balaban J connectivity index is 2.03. The Labute approximate surface area is 92.9 Å². The van der Waals surface area contributed by atoms with Gasteiger partial charge in [-0.1, -0.05) is 6.07 Å². The number of amides is 1. The molecule has 84 valence electrons. The van der Waals surface area contributed by atoms with Crippen LogP contribution in [0.1, 0.15) is 16.1 Å². The molecule has 1 rings (SSSR count). The highest BCUT2D eigenvalue weighted by molar-refractivity contribution is 7.12. The molecule has 0 fully saturated rings. The van der Waals surface area contributed by atoms with E-state index in [1.54, 1.807) is 6.07 Å². The first-order valence-corrected chi connectivity index (χ1v) is 5.73. The minimum absolute atomic E-state index is 0.0350. The van der Waals surface area contributed by atoms with E-state index in [-0.39, 0.29) is 12.5 Å². The molecular weight excluding hydrogens is 214 g/mol. The largest absolute Gasteiger partial charge is 0.394 e. The fourth-order valence-corrected chi connectivity index (χ4v) is 1.68. The molecule has 1 amide bonds. The molecule has 0 bridgehead atoms. The molecule has 0 aliphatic rings. The van der Waals surface area contributed by atoms with E-state index < -0.39 is 0 Å². The molecule has 0 radical (unpaired) electrons. The molecule has 0 aliphatic heterocycles. The summed E-state index contributed by atoms with van der Waals surface area (Å²) in [5.41, 5.74) is 0. The zero-order valence-corrected chi connectivity index (χ0v) is 9.26. The van der Waals surface area contributed by atoms with Crippen LogP contribution in [0.25, 0.3) is 0 Å². The molecule has 1 heterocycles. The van der Waals surface area contributed by atoms with Crippen molar-refractivity contribution in [2.24, 2.45) is 0 Å². The van der Waals surface area contributed by atoms with Gasteiger partial charge in [-0.3, -0.25) is 4.79 Å². The summed E-state index contributed by atoms with van der Waals surface area (Å²) < 4.78 is 5.06. The summed E-state index contributed by atoms with van der Waals surface area (Å²) in [6.45, 7) is 1.56. The van der Waals surface area contributed by atoms with E-state index in [4.69, 9.17) is 9.84 Å². The lowest BCUT2D eigenvalue weighted by atomic mass is 10.4. The average Bonchev–Trinajstić information content (AvgIpc) is 2.76. The summed E-state index contributed by atoms with van der Waals surface area (Å²) in [5, 5.41) is 13.1. The van der Waals surface area contributed by atoms with Gasteiger partial charge in [0.05, 0.1) is 18.1 Å². The van der Waals surface area contributed by atoms with Crippen LogP contribution in [0.15, 0.2) is 17.5 Å². The van der Waals surface area contributed by atoms with Crippen LogP contribution < -0.4 is 5.32 Å². The number of rotatable bonds is 7. The van der Waals surface area contributed by atoms with Crippen LogP contribution in [-0.2, 0) is 4.74 Å². The Kier molecular flexibility index (Phi) is 5.99. The lowest BCUT2D eigenvalue weighted by molar-refractivity contribution is 0.0869. The third kappa shape index (κ3) is 4.92. The number of ether oxygens (including phenoxy) is 1. The van der Waals surface area contributed by atoms with Crippen LogP contribution >= 0.6 is 11.3 Å². The smallest absolute Gasteiger partial charge is 0.261 e. The maximum atomic E-state index is 11.4. The number of carbonyl (C=O) groups excluding carboxylic acids is 1. The standard InChI is InChI=1S/C10H15NO3S/c12-5-7-14-6-2-4-11-10(13)9-3-1-8-15-9/h1,3,8,12H,2,4-7H2,(H,11,13). The molecule has 5 heteroatoms. The van der Waals surface area contributed by atoms with E-state index >= 15 is 0 Å². The predicted molar refractivity (Wildman–Crippen MR) is 59.2 cm³/mol. The van der Waals surface area contributed by atoms with Crippen molar-refractivity contribution in [1.82, 2.24) is 5.32 Å². The highest BCUT2D eigenvalue weighted by Crippen LogP contribution is 2.07. The van der Waals surface area contributed by atoms with E-state index in [0.717, 1.165) is 11.3 Å². The average molecular weight is 229 g/mol. The van der Waals surface area contributed by atoms with Crippen LogP contribution in [0.3, 0.4) is 0 Å². The summed E-state index contributed by atoms with van der Waals surface area (Å²) in [5.74, 6) is -0.0350. The number of nitrogens with one attached hydrogen (secondary N) is 1. The summed E-state index contributed by atoms with van der Waals surface area (Å²) >= 11 is 1.43. The topological polar surface area (TPSA) is 58.6 Å². The van der Waals surface area contributed by atoms with Crippen molar-refractivity contribution in [3.05, 3.63) is 22.4 Å². The van der Waals surface area contributed by atoms with Crippen molar-refractivity contribution in [3.63, 3.8) is 0 Å². The van der Waals surface area contributed by atoms with Gasteiger partial charge in [-0.15, -0.1) is 11.3 Å². The van der Waals surface area contributed by atoms with E-state index in [0.29, 0.717) is 19.8 Å². The Hall–Kier alpha value is -0.910. The van der Waals surface area contributed by atoms with E-state index in [9.17, 15) is 4.79 Å². The molecule has 0 aromatic carbocycles. The molecule has 0 saturated heterocycles. The zero-order valence-electron chi connectivity index (χ0n) is 8.44. The number of aliphatic hydroxyl groups excluding tert-OH is 1. The van der Waals surface area contributed by atoms with Crippen molar-refractivity contribution >= 4 is 17.2 Å². The van der Waals surface area contributed by atoms with Gasteiger partial charge in [0.1, 0.15) is 0 Å². The molecule has 0 aliphatic carbocycles. The van der Waals surface area contributed by atoms with Gasteiger partial charge in [-0.25, -0.2) is 0 Å². The third-order valence-corrected chi connectivity index (χ3v) is 2.60. The molecule has 1 aromatic heterocycles. The van der Waals surface area contributed by atoms with Crippen molar-refractivity contribution in [2.75, 3.05) is 26.4 Å². The summed E-state index contributed by atoms with van der Waals surface area (Å²) in [4.78, 5) is 12.1. The first-order valence-electron chi connectivity index (χ1n) is 4.85. The van der Waals surface area contributed by atoms with E-state index in [1.165, 1.54) is 11.3 Å². The van der Waals surface area contributed by atoms with Crippen LogP contribution in [0.5, 0.6) is 0 Å². The summed E-state index contributed by atoms with van der Waals surface area (Å²) in [6, 6.07) is 3.65. The van der Waals surface area contributed by atoms with E-state index in [1.807, 2.05) is 11.4 Å². The second-order valence-corrected chi connectivity index (χ2v) is 3.87. The van der Waals surface area contributed by atoms with Crippen molar-refractivity contribution in [1.29, 1.82) is 0 Å². The fraction of sp³-hybridized carbons (Fsp3) is 0.500. The van der Waals surface area contributed by atoms with Crippen LogP contribution in [-0.4, -0.2) is 37.4 Å². The lowest BCUT2D eigenvalue weighted by Crippen LogP contribution is -2.24. The zero-order chi connectivity index (χ0) is 10.9. The maximum Gasteiger partial charge on any atom is 0.261 e. The van der Waals surface area contributed by atoms with Gasteiger partial charge in [0.2, 0.25) is 0 Å². The first-order chi connectivity index (χ1) is 7.34. The molecular formula is C10H15NO3S. The van der Waals surface area contributed by atoms with Gasteiger partial charge < -0.3 is 15.2 Å². The Morgan fingerprint density at radius 1 is 1.53 bits per heavy atom. The molecule has 2 N–H and O–H groups in total. The second kappa shape index (κ2) is 7.39. The molecule has 0 unspecified atom stereocenters. The molecule has 0 saturated carbocycles. The van der Waals surface area contributed by atoms with Crippen LogP contribution in [0.2, 0.25) is 0 Å². The van der Waals surface area contributed by atoms with Gasteiger partial charge >= 0.3 is 0 Å². The number of carbonyl (C=O) groups is 1.